The monoisotopic (exact) mass is 447 g/mol. The first-order valence-electron chi connectivity index (χ1n) is 10.7. The number of furan rings is 1. The first-order chi connectivity index (χ1) is 14.9. The number of sulfonamides is 1. The minimum absolute atomic E-state index is 0.0867. The van der Waals surface area contributed by atoms with Crippen LogP contribution in [0.15, 0.2) is 45.7 Å². The Morgan fingerprint density at radius 1 is 1.03 bits per heavy atom. The van der Waals surface area contributed by atoms with E-state index in [0.29, 0.717) is 38.4 Å². The molecule has 1 aromatic heterocycles. The highest BCUT2D eigenvalue weighted by molar-refractivity contribution is 7.89. The fourth-order valence-electron chi connectivity index (χ4n) is 4.08. The van der Waals surface area contributed by atoms with Crippen LogP contribution in [0.2, 0.25) is 0 Å². The van der Waals surface area contributed by atoms with E-state index in [0.717, 1.165) is 37.5 Å². The summed E-state index contributed by atoms with van der Waals surface area (Å²) in [6, 6.07) is 9.94. The molecule has 168 valence electrons. The van der Waals surface area contributed by atoms with Crippen molar-refractivity contribution < 1.29 is 22.4 Å². The lowest BCUT2D eigenvalue weighted by atomic mass is 10.1. The Kier molecular flexibility index (Phi) is 6.76. The van der Waals surface area contributed by atoms with Gasteiger partial charge in [-0.15, -0.1) is 0 Å². The van der Waals surface area contributed by atoms with Crippen molar-refractivity contribution in [3.8, 4) is 0 Å². The molecule has 1 amide bonds. The molecule has 2 aliphatic rings. The molecule has 2 saturated heterocycles. The number of rotatable bonds is 7. The average Bonchev–Trinajstić information content (AvgIpc) is 3.47. The number of benzene rings is 1. The normalized spacial score (nSPS) is 19.4. The summed E-state index contributed by atoms with van der Waals surface area (Å²) in [5.41, 5.74) is 0.428. The zero-order chi connectivity index (χ0) is 21.8. The van der Waals surface area contributed by atoms with Crippen molar-refractivity contribution >= 4 is 15.9 Å². The van der Waals surface area contributed by atoms with Gasteiger partial charge < -0.3 is 14.5 Å². The number of aryl methyl sites for hydroxylation is 1. The molecule has 1 atom stereocenters. The summed E-state index contributed by atoms with van der Waals surface area (Å²) in [5.74, 6) is 1.40. The Hall–Kier alpha value is -2.20. The summed E-state index contributed by atoms with van der Waals surface area (Å²) < 4.78 is 38.1. The fourth-order valence-corrected chi connectivity index (χ4v) is 5.60. The molecule has 1 aromatic carbocycles. The number of amides is 1. The SMILES string of the molecule is Cc1ccc(C(CNC(=O)c2ccc(S(=O)(=O)N3CCCC3)cc2)N2CCOCC2)o1. The number of carbonyl (C=O) groups is 1. The van der Waals surface area contributed by atoms with Gasteiger partial charge in [-0.05, 0) is 56.2 Å². The molecular formula is C22H29N3O5S. The van der Waals surface area contributed by atoms with Crippen LogP contribution >= 0.6 is 0 Å². The minimum atomic E-state index is -3.48. The third-order valence-corrected chi connectivity index (χ3v) is 7.76. The lowest BCUT2D eigenvalue weighted by molar-refractivity contribution is 0.0117. The largest absolute Gasteiger partial charge is 0.465 e. The van der Waals surface area contributed by atoms with Crippen molar-refractivity contribution in [3.05, 3.63) is 53.5 Å². The van der Waals surface area contributed by atoms with Crippen LogP contribution in [0.4, 0.5) is 0 Å². The van der Waals surface area contributed by atoms with E-state index >= 15 is 0 Å². The average molecular weight is 448 g/mol. The maximum absolute atomic E-state index is 12.7. The molecule has 0 radical (unpaired) electrons. The van der Waals surface area contributed by atoms with E-state index in [9.17, 15) is 13.2 Å². The van der Waals surface area contributed by atoms with Gasteiger partial charge in [0.15, 0.2) is 0 Å². The number of carbonyl (C=O) groups excluding carboxylic acids is 1. The van der Waals surface area contributed by atoms with E-state index in [1.54, 1.807) is 12.1 Å². The topological polar surface area (TPSA) is 92.1 Å². The third-order valence-electron chi connectivity index (χ3n) is 5.85. The first kappa shape index (κ1) is 22.0. The highest BCUT2D eigenvalue weighted by atomic mass is 32.2. The van der Waals surface area contributed by atoms with Gasteiger partial charge in [0.1, 0.15) is 11.5 Å². The summed E-state index contributed by atoms with van der Waals surface area (Å²) in [5, 5.41) is 2.98. The second kappa shape index (κ2) is 9.52. The Morgan fingerprint density at radius 2 is 1.71 bits per heavy atom. The van der Waals surface area contributed by atoms with Crippen molar-refractivity contribution in [2.75, 3.05) is 45.9 Å². The molecular weight excluding hydrogens is 418 g/mol. The molecule has 2 aromatic rings. The van der Waals surface area contributed by atoms with Gasteiger partial charge >= 0.3 is 0 Å². The molecule has 9 heteroatoms. The van der Waals surface area contributed by atoms with E-state index in [-0.39, 0.29) is 16.8 Å². The smallest absolute Gasteiger partial charge is 0.251 e. The van der Waals surface area contributed by atoms with Gasteiger partial charge in [-0.2, -0.15) is 4.31 Å². The predicted molar refractivity (Wildman–Crippen MR) is 115 cm³/mol. The molecule has 4 rings (SSSR count). The van der Waals surface area contributed by atoms with Crippen LogP contribution in [0.5, 0.6) is 0 Å². The quantitative estimate of drug-likeness (QED) is 0.700. The molecule has 1 unspecified atom stereocenters. The number of ether oxygens (including phenoxy) is 1. The van der Waals surface area contributed by atoms with Gasteiger partial charge in [0.05, 0.1) is 24.2 Å². The van der Waals surface area contributed by atoms with Gasteiger partial charge in [0, 0.05) is 38.3 Å². The Labute approximate surface area is 183 Å². The number of nitrogens with one attached hydrogen (secondary N) is 1. The van der Waals surface area contributed by atoms with E-state index in [1.807, 2.05) is 19.1 Å². The second-order valence-electron chi connectivity index (χ2n) is 7.96. The van der Waals surface area contributed by atoms with Gasteiger partial charge in [0.25, 0.3) is 5.91 Å². The number of hydrogen-bond donors (Lipinski definition) is 1. The molecule has 3 heterocycles. The molecule has 0 saturated carbocycles. The maximum atomic E-state index is 12.7. The van der Waals surface area contributed by atoms with Crippen LogP contribution in [0.1, 0.15) is 40.8 Å². The number of morpholine rings is 1. The Bertz CT molecular complexity index is 990. The lowest BCUT2D eigenvalue weighted by Gasteiger charge is -2.33. The first-order valence-corrected chi connectivity index (χ1v) is 12.2. The Balaban J connectivity index is 1.43. The molecule has 0 bridgehead atoms. The molecule has 1 N–H and O–H groups in total. The predicted octanol–water partition coefficient (Wildman–Crippen LogP) is 2.18. The van der Waals surface area contributed by atoms with E-state index < -0.39 is 10.0 Å². The summed E-state index contributed by atoms with van der Waals surface area (Å²) >= 11 is 0. The summed E-state index contributed by atoms with van der Waals surface area (Å²) in [7, 11) is -3.48. The van der Waals surface area contributed by atoms with Crippen molar-refractivity contribution in [2.24, 2.45) is 0 Å². The van der Waals surface area contributed by atoms with Gasteiger partial charge in [0.2, 0.25) is 10.0 Å². The number of hydrogen-bond acceptors (Lipinski definition) is 6. The maximum Gasteiger partial charge on any atom is 0.251 e. The molecule has 0 aliphatic carbocycles. The summed E-state index contributed by atoms with van der Waals surface area (Å²) in [6.45, 7) is 6.23. The number of nitrogens with zero attached hydrogens (tertiary/aromatic N) is 2. The third kappa shape index (κ3) is 5.01. The summed E-state index contributed by atoms with van der Waals surface area (Å²) in [6.07, 6.45) is 1.78. The van der Waals surface area contributed by atoms with E-state index in [1.165, 1.54) is 16.4 Å². The minimum Gasteiger partial charge on any atom is -0.465 e. The summed E-state index contributed by atoms with van der Waals surface area (Å²) in [4.78, 5) is 15.2. The van der Waals surface area contributed by atoms with E-state index in [4.69, 9.17) is 9.15 Å². The van der Waals surface area contributed by atoms with Crippen LogP contribution < -0.4 is 5.32 Å². The fraction of sp³-hybridized carbons (Fsp3) is 0.500. The van der Waals surface area contributed by atoms with Crippen LogP contribution in [0.3, 0.4) is 0 Å². The lowest BCUT2D eigenvalue weighted by Crippen LogP contribution is -2.43. The van der Waals surface area contributed by atoms with Gasteiger partial charge in [-0.3, -0.25) is 9.69 Å². The van der Waals surface area contributed by atoms with Gasteiger partial charge in [-0.1, -0.05) is 0 Å². The molecule has 8 nitrogen and oxygen atoms in total. The molecule has 0 spiro atoms. The van der Waals surface area contributed by atoms with Crippen molar-refractivity contribution in [2.45, 2.75) is 30.7 Å². The van der Waals surface area contributed by atoms with Gasteiger partial charge in [-0.25, -0.2) is 8.42 Å². The highest BCUT2D eigenvalue weighted by Gasteiger charge is 2.28. The van der Waals surface area contributed by atoms with Crippen molar-refractivity contribution in [1.82, 2.24) is 14.5 Å². The van der Waals surface area contributed by atoms with Crippen LogP contribution in [0.25, 0.3) is 0 Å². The van der Waals surface area contributed by atoms with Crippen molar-refractivity contribution in [3.63, 3.8) is 0 Å². The van der Waals surface area contributed by atoms with Crippen LogP contribution in [-0.2, 0) is 14.8 Å². The standard InChI is InChI=1S/C22H29N3O5S/c1-17-4-9-21(30-17)20(24-12-14-29-15-13-24)16-23-22(26)18-5-7-19(8-6-18)31(27,28)25-10-2-3-11-25/h4-9,20H,2-3,10-16H2,1H3,(H,23,26). The molecule has 2 fully saturated rings. The highest BCUT2D eigenvalue weighted by Crippen LogP contribution is 2.24. The molecule has 31 heavy (non-hydrogen) atoms. The van der Waals surface area contributed by atoms with E-state index in [2.05, 4.69) is 10.2 Å². The second-order valence-corrected chi connectivity index (χ2v) is 9.90. The molecule has 2 aliphatic heterocycles. The van der Waals surface area contributed by atoms with Crippen molar-refractivity contribution in [1.29, 1.82) is 0 Å². The zero-order valence-electron chi connectivity index (χ0n) is 17.7. The van der Waals surface area contributed by atoms with Crippen LogP contribution in [-0.4, -0.2) is 69.5 Å². The van der Waals surface area contributed by atoms with Crippen LogP contribution in [0, 0.1) is 6.92 Å². The Morgan fingerprint density at radius 3 is 2.32 bits per heavy atom. The zero-order valence-corrected chi connectivity index (χ0v) is 18.6.